The Morgan fingerprint density at radius 3 is 2.70 bits per heavy atom. The van der Waals surface area contributed by atoms with Gasteiger partial charge in [0.15, 0.2) is 0 Å². The Hall–Kier alpha value is -1.99. The van der Waals surface area contributed by atoms with E-state index in [1.807, 2.05) is 18.1 Å². The van der Waals surface area contributed by atoms with E-state index in [0.717, 1.165) is 5.56 Å². The summed E-state index contributed by atoms with van der Waals surface area (Å²) in [6.45, 7) is 1.79. The molecule has 0 amide bonds. The summed E-state index contributed by atoms with van der Waals surface area (Å²) < 4.78 is 40.5. The summed E-state index contributed by atoms with van der Waals surface area (Å²) in [7, 11) is 3.22. The topological polar surface area (TPSA) is 39.5 Å². The molecule has 1 fully saturated rings. The number of rotatable bonds is 4. The number of aromatic nitrogens is 2. The predicted molar refractivity (Wildman–Crippen MR) is 80.1 cm³/mol. The fraction of sp³-hybridized carbons (Fsp3) is 0.438. The van der Waals surface area contributed by atoms with Gasteiger partial charge in [-0.2, -0.15) is 5.10 Å². The van der Waals surface area contributed by atoms with Crippen molar-refractivity contribution in [3.05, 3.63) is 47.3 Å². The van der Waals surface area contributed by atoms with Gasteiger partial charge in [-0.15, -0.1) is 0 Å². The molecule has 1 aromatic heterocycles. The molecule has 0 aliphatic carbocycles. The van der Waals surface area contributed by atoms with Gasteiger partial charge in [-0.25, -0.2) is 8.78 Å². The van der Waals surface area contributed by atoms with E-state index < -0.39 is 11.6 Å². The Bertz CT molecular complexity index is 667. The van der Waals surface area contributed by atoms with Gasteiger partial charge in [0.1, 0.15) is 17.4 Å². The van der Waals surface area contributed by atoms with E-state index in [0.29, 0.717) is 19.8 Å². The highest BCUT2D eigenvalue weighted by atomic mass is 19.1. The molecule has 1 aliphatic heterocycles. The summed E-state index contributed by atoms with van der Waals surface area (Å²) in [5.74, 6) is -1.02. The third-order valence-corrected chi connectivity index (χ3v) is 4.06. The molecule has 0 bridgehead atoms. The second-order valence-electron chi connectivity index (χ2n) is 5.58. The highest BCUT2D eigenvalue weighted by Gasteiger charge is 2.27. The van der Waals surface area contributed by atoms with Gasteiger partial charge in [-0.1, -0.05) is 0 Å². The lowest BCUT2D eigenvalue weighted by molar-refractivity contribution is -0.0136. The minimum Gasteiger partial charge on any atom is -0.497 e. The minimum atomic E-state index is -0.599. The van der Waals surface area contributed by atoms with E-state index in [1.54, 1.807) is 10.9 Å². The van der Waals surface area contributed by atoms with Crippen molar-refractivity contribution in [1.29, 1.82) is 0 Å². The third kappa shape index (κ3) is 3.35. The molecular weight excluding hydrogens is 304 g/mol. The maximum absolute atomic E-state index is 14.2. The molecule has 23 heavy (non-hydrogen) atoms. The molecule has 0 radical (unpaired) electrons. The molecule has 2 aromatic rings. The quantitative estimate of drug-likeness (QED) is 0.865. The van der Waals surface area contributed by atoms with Crippen LogP contribution in [0.25, 0.3) is 0 Å². The molecule has 1 aliphatic rings. The summed E-state index contributed by atoms with van der Waals surface area (Å²) in [6, 6.07) is 2.34. The van der Waals surface area contributed by atoms with Crippen LogP contribution in [0.1, 0.15) is 17.2 Å². The second-order valence-corrected chi connectivity index (χ2v) is 5.58. The van der Waals surface area contributed by atoms with Crippen molar-refractivity contribution >= 4 is 0 Å². The van der Waals surface area contributed by atoms with Crippen LogP contribution in [0.4, 0.5) is 8.78 Å². The van der Waals surface area contributed by atoms with Crippen LogP contribution in [0.5, 0.6) is 5.75 Å². The molecule has 1 saturated heterocycles. The van der Waals surface area contributed by atoms with Crippen LogP contribution in [0.15, 0.2) is 24.5 Å². The second kappa shape index (κ2) is 6.64. The van der Waals surface area contributed by atoms with Gasteiger partial charge in [0, 0.05) is 49.6 Å². The zero-order valence-corrected chi connectivity index (χ0v) is 13.1. The van der Waals surface area contributed by atoms with Crippen LogP contribution >= 0.6 is 0 Å². The summed E-state index contributed by atoms with van der Waals surface area (Å²) in [4.78, 5) is 2.01. The Kier molecular flexibility index (Phi) is 4.58. The summed E-state index contributed by atoms with van der Waals surface area (Å²) in [5.41, 5.74) is 1.02. The first-order valence-electron chi connectivity index (χ1n) is 7.40. The van der Waals surface area contributed by atoms with Crippen molar-refractivity contribution in [1.82, 2.24) is 14.7 Å². The summed E-state index contributed by atoms with van der Waals surface area (Å²) in [5, 5.41) is 4.16. The number of hydrogen-bond acceptors (Lipinski definition) is 4. The lowest BCUT2D eigenvalue weighted by atomic mass is 10.1. The molecule has 1 aromatic carbocycles. The number of benzene rings is 1. The van der Waals surface area contributed by atoms with E-state index in [2.05, 4.69) is 5.10 Å². The van der Waals surface area contributed by atoms with Crippen molar-refractivity contribution < 1.29 is 18.3 Å². The van der Waals surface area contributed by atoms with Crippen molar-refractivity contribution in [3.63, 3.8) is 0 Å². The average Bonchev–Trinajstić information content (AvgIpc) is 2.97. The lowest BCUT2D eigenvalue weighted by Crippen LogP contribution is -2.39. The van der Waals surface area contributed by atoms with E-state index >= 15 is 0 Å². The molecular formula is C16H19F2N3O2. The molecule has 1 atom stereocenters. The van der Waals surface area contributed by atoms with Crippen LogP contribution in [0.3, 0.4) is 0 Å². The summed E-state index contributed by atoms with van der Waals surface area (Å²) in [6.07, 6.45) is 3.65. The maximum atomic E-state index is 14.2. The zero-order chi connectivity index (χ0) is 16.4. The molecule has 0 N–H and O–H groups in total. The molecule has 7 heteroatoms. The number of nitrogens with zero attached hydrogens (tertiary/aromatic N) is 3. The van der Waals surface area contributed by atoms with Crippen LogP contribution in [-0.2, 0) is 18.3 Å². The van der Waals surface area contributed by atoms with Gasteiger partial charge in [-0.3, -0.25) is 9.58 Å². The van der Waals surface area contributed by atoms with Gasteiger partial charge in [-0.05, 0) is 0 Å². The molecule has 2 heterocycles. The summed E-state index contributed by atoms with van der Waals surface area (Å²) >= 11 is 0. The van der Waals surface area contributed by atoms with E-state index in [4.69, 9.17) is 9.47 Å². The number of halogens is 2. The molecule has 3 rings (SSSR count). The first-order chi connectivity index (χ1) is 11.1. The molecule has 0 spiro atoms. The predicted octanol–water partition coefficient (Wildman–Crippen LogP) is 2.28. The maximum Gasteiger partial charge on any atom is 0.134 e. The van der Waals surface area contributed by atoms with Gasteiger partial charge in [0.2, 0.25) is 0 Å². The Balaban J connectivity index is 1.85. The largest absolute Gasteiger partial charge is 0.497 e. The monoisotopic (exact) mass is 323 g/mol. The lowest BCUT2D eigenvalue weighted by Gasteiger charge is -2.35. The molecule has 5 nitrogen and oxygen atoms in total. The first-order valence-corrected chi connectivity index (χ1v) is 7.40. The number of ether oxygens (including phenoxy) is 2. The van der Waals surface area contributed by atoms with Crippen molar-refractivity contribution in [2.75, 3.05) is 26.9 Å². The van der Waals surface area contributed by atoms with Crippen LogP contribution in [0.2, 0.25) is 0 Å². The van der Waals surface area contributed by atoms with E-state index in [-0.39, 0.29) is 23.9 Å². The Morgan fingerprint density at radius 2 is 2.09 bits per heavy atom. The number of methoxy groups -OCH3 is 1. The van der Waals surface area contributed by atoms with Gasteiger partial charge < -0.3 is 9.47 Å². The third-order valence-electron chi connectivity index (χ3n) is 4.06. The Labute approximate surface area is 133 Å². The number of aryl methyl sites for hydroxylation is 1. The van der Waals surface area contributed by atoms with Crippen molar-refractivity contribution in [3.8, 4) is 5.75 Å². The fourth-order valence-corrected chi connectivity index (χ4v) is 2.80. The smallest absolute Gasteiger partial charge is 0.134 e. The van der Waals surface area contributed by atoms with Crippen LogP contribution < -0.4 is 4.74 Å². The van der Waals surface area contributed by atoms with Crippen LogP contribution in [0, 0.1) is 11.6 Å². The van der Waals surface area contributed by atoms with Gasteiger partial charge in [0.25, 0.3) is 0 Å². The molecule has 1 unspecified atom stereocenters. The highest BCUT2D eigenvalue weighted by Crippen LogP contribution is 2.28. The van der Waals surface area contributed by atoms with Crippen molar-refractivity contribution in [2.45, 2.75) is 12.6 Å². The normalized spacial score (nSPS) is 19.0. The number of hydrogen-bond donors (Lipinski definition) is 0. The number of morpholine rings is 1. The minimum absolute atomic E-state index is 0.0431. The van der Waals surface area contributed by atoms with E-state index in [1.165, 1.54) is 19.2 Å². The van der Waals surface area contributed by atoms with Crippen LogP contribution in [-0.4, -0.2) is 41.5 Å². The standard InChI is InChI=1S/C16H19F2N3O2/c1-20-8-11(7-19-20)16-10-23-4-3-21(16)9-13-14(17)5-12(22-2)6-15(13)18/h5-8,16H,3-4,9-10H2,1-2H3. The van der Waals surface area contributed by atoms with Gasteiger partial charge >= 0.3 is 0 Å². The molecule has 0 saturated carbocycles. The average molecular weight is 323 g/mol. The van der Waals surface area contributed by atoms with Gasteiger partial charge in [0.05, 0.1) is 32.6 Å². The van der Waals surface area contributed by atoms with E-state index in [9.17, 15) is 8.78 Å². The highest BCUT2D eigenvalue weighted by molar-refractivity contribution is 5.30. The zero-order valence-electron chi connectivity index (χ0n) is 13.1. The fourth-order valence-electron chi connectivity index (χ4n) is 2.80. The Morgan fingerprint density at radius 1 is 1.35 bits per heavy atom. The van der Waals surface area contributed by atoms with Crippen molar-refractivity contribution in [2.24, 2.45) is 7.05 Å². The molecule has 124 valence electrons. The SMILES string of the molecule is COc1cc(F)c(CN2CCOCC2c2cnn(C)c2)c(F)c1. The first kappa shape index (κ1) is 15.9.